The van der Waals surface area contributed by atoms with Gasteiger partial charge < -0.3 is 25.4 Å². The quantitative estimate of drug-likeness (QED) is 0.308. The standard InChI is InChI=1S/C30H43N5O5S/c1-4-21-6-7-23-26(16-21)41-28(33-23)17-24(32-27(36)5-2)30(38)34-25(22-8-12-39-13-9-22)18-31-29(37)20(3)19-35-10-14-40-15-11-35/h6-7,16,22,24-25H,3-5,8-15,17-19H2,1-2H3,(H,31,37)(H,32,36)(H,34,38)/t24-,25?/m0/s1. The first-order chi connectivity index (χ1) is 19.9. The molecule has 3 amide bonds. The highest BCUT2D eigenvalue weighted by molar-refractivity contribution is 7.18. The highest BCUT2D eigenvalue weighted by Gasteiger charge is 2.30. The average molecular weight is 586 g/mol. The molecule has 0 spiro atoms. The number of aryl methyl sites for hydroxylation is 1. The van der Waals surface area contributed by atoms with Crippen molar-refractivity contribution in [3.63, 3.8) is 0 Å². The van der Waals surface area contributed by atoms with Gasteiger partial charge in [0.2, 0.25) is 17.7 Å². The van der Waals surface area contributed by atoms with Crippen molar-refractivity contribution >= 4 is 39.3 Å². The zero-order chi connectivity index (χ0) is 29.2. The average Bonchev–Trinajstić information content (AvgIpc) is 3.40. The number of fused-ring (bicyclic) bond motifs is 1. The van der Waals surface area contributed by atoms with Crippen LogP contribution in [0.2, 0.25) is 0 Å². The van der Waals surface area contributed by atoms with Gasteiger partial charge in [0.15, 0.2) is 0 Å². The van der Waals surface area contributed by atoms with E-state index in [1.165, 1.54) is 5.56 Å². The lowest BCUT2D eigenvalue weighted by Crippen LogP contribution is -2.55. The fraction of sp³-hybridized carbons (Fsp3) is 0.600. The minimum Gasteiger partial charge on any atom is -0.381 e. The zero-order valence-electron chi connectivity index (χ0n) is 24.2. The number of aromatic nitrogens is 1. The number of thiazole rings is 1. The van der Waals surface area contributed by atoms with Crippen LogP contribution in [0.5, 0.6) is 0 Å². The predicted octanol–water partition coefficient (Wildman–Crippen LogP) is 2.21. The van der Waals surface area contributed by atoms with Crippen LogP contribution in [0.15, 0.2) is 30.4 Å². The summed E-state index contributed by atoms with van der Waals surface area (Å²) >= 11 is 1.55. The third kappa shape index (κ3) is 9.06. The lowest BCUT2D eigenvalue weighted by molar-refractivity contribution is -0.129. The van der Waals surface area contributed by atoms with Crippen molar-refractivity contribution in [1.29, 1.82) is 0 Å². The van der Waals surface area contributed by atoms with Crippen LogP contribution >= 0.6 is 11.3 Å². The van der Waals surface area contributed by atoms with Crippen LogP contribution in [0.3, 0.4) is 0 Å². The van der Waals surface area contributed by atoms with Crippen molar-refractivity contribution in [1.82, 2.24) is 25.8 Å². The molecule has 0 radical (unpaired) electrons. The fourth-order valence-electron chi connectivity index (χ4n) is 5.17. The van der Waals surface area contributed by atoms with E-state index in [0.717, 1.165) is 47.6 Å². The maximum atomic E-state index is 13.7. The molecule has 0 bridgehead atoms. The van der Waals surface area contributed by atoms with E-state index < -0.39 is 6.04 Å². The lowest BCUT2D eigenvalue weighted by Gasteiger charge is -2.32. The molecule has 2 aliphatic heterocycles. The summed E-state index contributed by atoms with van der Waals surface area (Å²) in [5.74, 6) is -0.564. The molecular formula is C30H43N5O5S. The largest absolute Gasteiger partial charge is 0.381 e. The minimum atomic E-state index is -0.775. The Morgan fingerprint density at radius 3 is 2.54 bits per heavy atom. The van der Waals surface area contributed by atoms with Gasteiger partial charge in [-0.3, -0.25) is 19.3 Å². The number of carbonyl (C=O) groups is 3. The molecule has 4 rings (SSSR count). The van der Waals surface area contributed by atoms with Gasteiger partial charge >= 0.3 is 0 Å². The predicted molar refractivity (Wildman–Crippen MR) is 160 cm³/mol. The van der Waals surface area contributed by atoms with Crippen LogP contribution in [0.1, 0.15) is 43.7 Å². The maximum Gasteiger partial charge on any atom is 0.247 e. The van der Waals surface area contributed by atoms with Gasteiger partial charge in [-0.25, -0.2) is 4.98 Å². The summed E-state index contributed by atoms with van der Waals surface area (Å²) in [6.07, 6.45) is 3.06. The van der Waals surface area contributed by atoms with Gasteiger partial charge in [0, 0.05) is 63.8 Å². The van der Waals surface area contributed by atoms with Crippen LogP contribution in [0.4, 0.5) is 0 Å². The molecule has 11 heteroatoms. The summed E-state index contributed by atoms with van der Waals surface area (Å²) < 4.78 is 12.0. The Morgan fingerprint density at radius 1 is 1.10 bits per heavy atom. The molecule has 224 valence electrons. The van der Waals surface area contributed by atoms with Gasteiger partial charge in [0.05, 0.1) is 28.4 Å². The molecule has 1 unspecified atom stereocenters. The Balaban J connectivity index is 1.43. The molecule has 3 N–H and O–H groups in total. The van der Waals surface area contributed by atoms with Gasteiger partial charge in [-0.15, -0.1) is 11.3 Å². The Kier molecular flexibility index (Phi) is 11.7. The second-order valence-electron chi connectivity index (χ2n) is 10.7. The number of amides is 3. The topological polar surface area (TPSA) is 122 Å². The monoisotopic (exact) mass is 585 g/mol. The SMILES string of the molecule is C=C(CN1CCOCC1)C(=O)NCC(NC(=O)[C@H](Cc1nc2ccc(CC)cc2s1)NC(=O)CC)C1CCOCC1. The normalized spacial score (nSPS) is 18.0. The van der Waals surface area contributed by atoms with E-state index in [2.05, 4.69) is 46.5 Å². The van der Waals surface area contributed by atoms with E-state index in [0.29, 0.717) is 45.0 Å². The van der Waals surface area contributed by atoms with Crippen molar-refractivity contribution in [3.05, 3.63) is 40.9 Å². The van der Waals surface area contributed by atoms with Crippen molar-refractivity contribution < 1.29 is 23.9 Å². The second kappa shape index (κ2) is 15.4. The van der Waals surface area contributed by atoms with E-state index in [1.54, 1.807) is 18.3 Å². The summed E-state index contributed by atoms with van der Waals surface area (Å²) in [6, 6.07) is 5.12. The van der Waals surface area contributed by atoms with Crippen LogP contribution in [-0.2, 0) is 36.7 Å². The number of hydrogen-bond donors (Lipinski definition) is 3. The molecule has 3 heterocycles. The molecule has 1 aromatic heterocycles. The number of nitrogens with zero attached hydrogens (tertiary/aromatic N) is 2. The molecule has 0 aliphatic carbocycles. The van der Waals surface area contributed by atoms with Crippen LogP contribution < -0.4 is 16.0 Å². The first-order valence-corrected chi connectivity index (χ1v) is 15.5. The van der Waals surface area contributed by atoms with Crippen molar-refractivity contribution in [2.75, 3.05) is 52.6 Å². The Hall–Kier alpha value is -2.86. The molecule has 2 atom stereocenters. The van der Waals surface area contributed by atoms with Crippen LogP contribution in [0, 0.1) is 5.92 Å². The summed E-state index contributed by atoms with van der Waals surface area (Å²) in [5.41, 5.74) is 2.61. The van der Waals surface area contributed by atoms with E-state index in [9.17, 15) is 14.4 Å². The first kappa shape index (κ1) is 31.1. The smallest absolute Gasteiger partial charge is 0.247 e. The van der Waals surface area contributed by atoms with Crippen LogP contribution in [0.25, 0.3) is 10.2 Å². The second-order valence-corrected chi connectivity index (χ2v) is 11.8. The Morgan fingerprint density at radius 2 is 1.83 bits per heavy atom. The van der Waals surface area contributed by atoms with E-state index in [1.807, 2.05) is 6.07 Å². The summed E-state index contributed by atoms with van der Waals surface area (Å²) in [4.78, 5) is 45.9. The maximum absolute atomic E-state index is 13.7. The van der Waals surface area contributed by atoms with Crippen LogP contribution in [-0.4, -0.2) is 92.3 Å². The number of benzene rings is 1. The van der Waals surface area contributed by atoms with Gasteiger partial charge in [0.25, 0.3) is 0 Å². The van der Waals surface area contributed by atoms with E-state index in [-0.39, 0.29) is 42.6 Å². The van der Waals surface area contributed by atoms with Crippen molar-refractivity contribution in [3.8, 4) is 0 Å². The lowest BCUT2D eigenvalue weighted by atomic mass is 9.91. The van der Waals surface area contributed by atoms with Gasteiger partial charge in [-0.05, 0) is 42.9 Å². The molecular weight excluding hydrogens is 542 g/mol. The number of nitrogens with one attached hydrogen (secondary N) is 3. The minimum absolute atomic E-state index is 0.137. The number of rotatable bonds is 13. The Bertz CT molecular complexity index is 1210. The fourth-order valence-corrected chi connectivity index (χ4v) is 6.25. The summed E-state index contributed by atoms with van der Waals surface area (Å²) in [5, 5.41) is 9.84. The number of ether oxygens (including phenoxy) is 2. The molecule has 0 saturated carbocycles. The van der Waals surface area contributed by atoms with Gasteiger partial charge in [-0.2, -0.15) is 0 Å². The molecule has 41 heavy (non-hydrogen) atoms. The third-order valence-electron chi connectivity index (χ3n) is 7.74. The third-order valence-corrected chi connectivity index (χ3v) is 8.78. The summed E-state index contributed by atoms with van der Waals surface area (Å²) in [6.45, 7) is 12.7. The van der Waals surface area contributed by atoms with Crippen molar-refractivity contribution in [2.24, 2.45) is 5.92 Å². The van der Waals surface area contributed by atoms with Gasteiger partial charge in [0.1, 0.15) is 6.04 Å². The van der Waals surface area contributed by atoms with Crippen molar-refractivity contribution in [2.45, 2.75) is 58.0 Å². The number of hydrogen-bond acceptors (Lipinski definition) is 8. The van der Waals surface area contributed by atoms with Gasteiger partial charge in [-0.1, -0.05) is 26.5 Å². The molecule has 10 nitrogen and oxygen atoms in total. The number of morpholine rings is 1. The van der Waals surface area contributed by atoms with E-state index >= 15 is 0 Å². The molecule has 2 aliphatic rings. The molecule has 1 aromatic carbocycles. The Labute approximate surface area is 246 Å². The highest BCUT2D eigenvalue weighted by Crippen LogP contribution is 2.25. The zero-order valence-corrected chi connectivity index (χ0v) is 25.0. The number of carbonyl (C=O) groups excluding carboxylic acids is 3. The molecule has 2 fully saturated rings. The highest BCUT2D eigenvalue weighted by atomic mass is 32.1. The molecule has 2 saturated heterocycles. The molecule has 2 aromatic rings. The summed E-state index contributed by atoms with van der Waals surface area (Å²) in [7, 11) is 0. The van der Waals surface area contributed by atoms with E-state index in [4.69, 9.17) is 14.5 Å². The first-order valence-electron chi connectivity index (χ1n) is 14.7.